The predicted octanol–water partition coefficient (Wildman–Crippen LogP) is 3.53. The quantitative estimate of drug-likeness (QED) is 0.693. The highest BCUT2D eigenvalue weighted by atomic mass is 16.2. The number of hydrogen-bond donors (Lipinski definition) is 0. The lowest BCUT2D eigenvalue weighted by Crippen LogP contribution is -2.31. The van der Waals surface area contributed by atoms with Crippen LogP contribution < -0.4 is 0 Å². The van der Waals surface area contributed by atoms with Crippen LogP contribution >= 0.6 is 0 Å². The molecule has 0 N–H and O–H groups in total. The van der Waals surface area contributed by atoms with Gasteiger partial charge < -0.3 is 9.47 Å². The van der Waals surface area contributed by atoms with E-state index < -0.39 is 0 Å². The van der Waals surface area contributed by atoms with E-state index in [0.29, 0.717) is 12.1 Å². The van der Waals surface area contributed by atoms with Crippen molar-refractivity contribution in [2.45, 2.75) is 19.9 Å². The monoisotopic (exact) mass is 334 g/mol. The minimum absolute atomic E-state index is 0.0390. The van der Waals surface area contributed by atoms with E-state index in [0.717, 1.165) is 29.9 Å². The number of aryl methyl sites for hydroxylation is 1. The average molecular weight is 334 g/mol. The number of nitrogens with zero attached hydrogens (tertiary/aromatic N) is 4. The van der Waals surface area contributed by atoms with Crippen molar-refractivity contribution in [1.82, 2.24) is 19.4 Å². The summed E-state index contributed by atoms with van der Waals surface area (Å²) in [6, 6.07) is 11.5. The van der Waals surface area contributed by atoms with Gasteiger partial charge in [0.05, 0.1) is 0 Å². The number of hydrogen-bond acceptors (Lipinski definition) is 3. The zero-order valence-corrected chi connectivity index (χ0v) is 14.6. The second-order valence-electron chi connectivity index (χ2n) is 6.03. The summed E-state index contributed by atoms with van der Waals surface area (Å²) >= 11 is 0. The van der Waals surface area contributed by atoms with Crippen LogP contribution in [0.15, 0.2) is 61.2 Å². The molecule has 0 bridgehead atoms. The van der Waals surface area contributed by atoms with Gasteiger partial charge in [0.1, 0.15) is 5.82 Å². The minimum Gasteiger partial charge on any atom is -0.334 e. The molecule has 0 aliphatic heterocycles. The number of aromatic nitrogens is 3. The highest BCUT2D eigenvalue weighted by molar-refractivity contribution is 5.94. The fraction of sp³-hybridized carbons (Fsp3) is 0.250. The molecule has 5 heteroatoms. The standard InChI is InChI=1S/C20H22N4O/c1-3-12-24(15-16-5-4-10-21-14-16)20(25)18-8-6-17(7-9-18)19-22-11-13-23(19)2/h4-11,13-14H,3,12,15H2,1-2H3. The van der Waals surface area contributed by atoms with Crippen LogP contribution in [-0.2, 0) is 13.6 Å². The van der Waals surface area contributed by atoms with Gasteiger partial charge >= 0.3 is 0 Å². The molecule has 0 radical (unpaired) electrons. The average Bonchev–Trinajstić information content (AvgIpc) is 3.08. The van der Waals surface area contributed by atoms with Crippen LogP contribution in [-0.4, -0.2) is 31.9 Å². The molecule has 5 nitrogen and oxygen atoms in total. The van der Waals surface area contributed by atoms with Gasteiger partial charge in [-0.1, -0.05) is 25.1 Å². The fourth-order valence-corrected chi connectivity index (χ4v) is 2.82. The molecule has 0 aliphatic rings. The van der Waals surface area contributed by atoms with Crippen molar-refractivity contribution in [3.8, 4) is 11.4 Å². The third kappa shape index (κ3) is 3.94. The molecular formula is C20H22N4O. The normalized spacial score (nSPS) is 10.6. The first-order chi connectivity index (χ1) is 12.2. The molecule has 0 aliphatic carbocycles. The zero-order chi connectivity index (χ0) is 17.6. The third-order valence-corrected chi connectivity index (χ3v) is 4.09. The Morgan fingerprint density at radius 2 is 1.96 bits per heavy atom. The summed E-state index contributed by atoms with van der Waals surface area (Å²) in [6.45, 7) is 3.37. The topological polar surface area (TPSA) is 51.0 Å². The van der Waals surface area contributed by atoms with Crippen molar-refractivity contribution in [3.05, 3.63) is 72.3 Å². The van der Waals surface area contributed by atoms with Gasteiger partial charge in [0.25, 0.3) is 5.91 Å². The summed E-state index contributed by atoms with van der Waals surface area (Å²) in [7, 11) is 1.96. The van der Waals surface area contributed by atoms with Gasteiger partial charge in [0.15, 0.2) is 0 Å². The van der Waals surface area contributed by atoms with E-state index in [9.17, 15) is 4.79 Å². The molecule has 2 aromatic heterocycles. The van der Waals surface area contributed by atoms with Crippen molar-refractivity contribution in [2.75, 3.05) is 6.54 Å². The Hall–Kier alpha value is -2.95. The molecular weight excluding hydrogens is 312 g/mol. The molecule has 0 atom stereocenters. The molecule has 2 heterocycles. The number of amides is 1. The summed E-state index contributed by atoms with van der Waals surface area (Å²) in [5.74, 6) is 0.928. The predicted molar refractivity (Wildman–Crippen MR) is 97.9 cm³/mol. The smallest absolute Gasteiger partial charge is 0.254 e. The summed E-state index contributed by atoms with van der Waals surface area (Å²) in [5.41, 5.74) is 2.72. The number of carbonyl (C=O) groups is 1. The van der Waals surface area contributed by atoms with E-state index >= 15 is 0 Å². The molecule has 3 rings (SSSR count). The highest BCUT2D eigenvalue weighted by Gasteiger charge is 2.16. The lowest BCUT2D eigenvalue weighted by atomic mass is 10.1. The van der Waals surface area contributed by atoms with E-state index in [1.807, 2.05) is 59.1 Å². The molecule has 128 valence electrons. The zero-order valence-electron chi connectivity index (χ0n) is 14.6. The Labute approximate surface area is 148 Å². The number of imidazole rings is 1. The van der Waals surface area contributed by atoms with Gasteiger partial charge in [-0.15, -0.1) is 0 Å². The summed E-state index contributed by atoms with van der Waals surface area (Å²) in [6.07, 6.45) is 8.14. The first kappa shape index (κ1) is 16.9. The van der Waals surface area contributed by atoms with Crippen molar-refractivity contribution in [1.29, 1.82) is 0 Å². The number of carbonyl (C=O) groups excluding carboxylic acids is 1. The van der Waals surface area contributed by atoms with Crippen LogP contribution in [0, 0.1) is 0 Å². The molecule has 0 unspecified atom stereocenters. The molecule has 1 amide bonds. The van der Waals surface area contributed by atoms with Gasteiger partial charge in [-0.25, -0.2) is 4.98 Å². The molecule has 25 heavy (non-hydrogen) atoms. The maximum absolute atomic E-state index is 12.9. The van der Waals surface area contributed by atoms with Crippen molar-refractivity contribution >= 4 is 5.91 Å². The van der Waals surface area contributed by atoms with E-state index in [4.69, 9.17) is 0 Å². The minimum atomic E-state index is 0.0390. The molecule has 0 saturated carbocycles. The van der Waals surface area contributed by atoms with Crippen molar-refractivity contribution < 1.29 is 4.79 Å². The van der Waals surface area contributed by atoms with Crippen LogP contribution in [0.5, 0.6) is 0 Å². The van der Waals surface area contributed by atoms with Crippen LogP contribution in [0.1, 0.15) is 29.3 Å². The molecule has 1 aromatic carbocycles. The molecule has 0 saturated heterocycles. The van der Waals surface area contributed by atoms with Crippen LogP contribution in [0.3, 0.4) is 0 Å². The Morgan fingerprint density at radius 3 is 2.56 bits per heavy atom. The van der Waals surface area contributed by atoms with Crippen molar-refractivity contribution in [2.24, 2.45) is 7.05 Å². The van der Waals surface area contributed by atoms with E-state index in [1.165, 1.54) is 0 Å². The van der Waals surface area contributed by atoms with Crippen molar-refractivity contribution in [3.63, 3.8) is 0 Å². The van der Waals surface area contributed by atoms with Gasteiger partial charge in [0.2, 0.25) is 0 Å². The second-order valence-corrected chi connectivity index (χ2v) is 6.03. The molecule has 0 spiro atoms. The molecule has 0 fully saturated rings. The summed E-state index contributed by atoms with van der Waals surface area (Å²) in [4.78, 5) is 23.2. The van der Waals surface area contributed by atoms with Gasteiger partial charge in [-0.2, -0.15) is 0 Å². The Morgan fingerprint density at radius 1 is 1.16 bits per heavy atom. The number of rotatable bonds is 6. The Kier molecular flexibility index (Phi) is 5.23. The van der Waals surface area contributed by atoms with Crippen LogP contribution in [0.25, 0.3) is 11.4 Å². The maximum Gasteiger partial charge on any atom is 0.254 e. The first-order valence-corrected chi connectivity index (χ1v) is 8.45. The van der Waals surface area contributed by atoms with Gasteiger partial charge in [-0.05, 0) is 30.2 Å². The summed E-state index contributed by atoms with van der Waals surface area (Å²) in [5, 5.41) is 0. The van der Waals surface area contributed by atoms with Crippen LogP contribution in [0.4, 0.5) is 0 Å². The first-order valence-electron chi connectivity index (χ1n) is 8.45. The lowest BCUT2D eigenvalue weighted by molar-refractivity contribution is 0.0743. The number of pyridine rings is 1. The van der Waals surface area contributed by atoms with E-state index in [2.05, 4.69) is 16.9 Å². The SMILES string of the molecule is CCCN(Cc1cccnc1)C(=O)c1ccc(-c2nccn2C)cc1. The lowest BCUT2D eigenvalue weighted by Gasteiger charge is -2.22. The Balaban J connectivity index is 1.78. The van der Waals surface area contributed by atoms with E-state index in [-0.39, 0.29) is 5.91 Å². The molecule has 3 aromatic rings. The van der Waals surface area contributed by atoms with Gasteiger partial charge in [0, 0.05) is 56.1 Å². The maximum atomic E-state index is 12.9. The van der Waals surface area contributed by atoms with Gasteiger partial charge in [-0.3, -0.25) is 9.78 Å². The third-order valence-electron chi connectivity index (χ3n) is 4.09. The fourth-order valence-electron chi connectivity index (χ4n) is 2.82. The summed E-state index contributed by atoms with van der Waals surface area (Å²) < 4.78 is 1.96. The largest absolute Gasteiger partial charge is 0.334 e. The highest BCUT2D eigenvalue weighted by Crippen LogP contribution is 2.18. The number of benzene rings is 1. The Bertz CT molecular complexity index is 824. The van der Waals surface area contributed by atoms with Crippen LogP contribution in [0.2, 0.25) is 0 Å². The second kappa shape index (κ2) is 7.75. The van der Waals surface area contributed by atoms with E-state index in [1.54, 1.807) is 18.6 Å².